The molecule has 0 saturated carbocycles. The summed E-state index contributed by atoms with van der Waals surface area (Å²) in [6.45, 7) is 0.965. The molecule has 0 aromatic heterocycles. The summed E-state index contributed by atoms with van der Waals surface area (Å²) >= 11 is 9.42. The van der Waals surface area contributed by atoms with Crippen LogP contribution in [0.25, 0.3) is 0 Å². The molecular weight excluding hydrogens is 486 g/mol. The van der Waals surface area contributed by atoms with Gasteiger partial charge in [0.25, 0.3) is 5.91 Å². The highest BCUT2D eigenvalue weighted by Crippen LogP contribution is 2.25. The predicted molar refractivity (Wildman–Crippen MR) is 132 cm³/mol. The fraction of sp³-hybridized carbons (Fsp3) is 0.0741. The van der Waals surface area contributed by atoms with Gasteiger partial charge in [0.2, 0.25) is 0 Å². The van der Waals surface area contributed by atoms with E-state index in [1.807, 2.05) is 95.9 Å². The summed E-state index contributed by atoms with van der Waals surface area (Å²) in [6, 6.07) is 32.5. The smallest absolute Gasteiger partial charge is 0.254 e. The van der Waals surface area contributed by atoms with Gasteiger partial charge in [-0.2, -0.15) is 0 Å². The molecule has 3 nitrogen and oxygen atoms in total. The van der Waals surface area contributed by atoms with E-state index in [2.05, 4.69) is 15.9 Å². The Morgan fingerprint density at radius 3 is 2.19 bits per heavy atom. The van der Waals surface area contributed by atoms with Crippen LogP contribution in [0, 0.1) is 0 Å². The van der Waals surface area contributed by atoms with E-state index < -0.39 is 0 Å². The first-order valence-corrected chi connectivity index (χ1v) is 11.3. The van der Waals surface area contributed by atoms with Gasteiger partial charge in [0, 0.05) is 28.1 Å². The lowest BCUT2D eigenvalue weighted by atomic mass is 10.1. The van der Waals surface area contributed by atoms with Crippen molar-refractivity contribution in [2.24, 2.45) is 0 Å². The lowest BCUT2D eigenvalue weighted by Gasteiger charge is -2.23. The van der Waals surface area contributed by atoms with Crippen LogP contribution >= 0.6 is 27.5 Å². The largest absolute Gasteiger partial charge is 0.457 e. The van der Waals surface area contributed by atoms with Crippen LogP contribution in [0.15, 0.2) is 108 Å². The van der Waals surface area contributed by atoms with Crippen molar-refractivity contribution in [2.75, 3.05) is 0 Å². The molecule has 0 radical (unpaired) electrons. The molecule has 1 amide bonds. The minimum absolute atomic E-state index is 0.0285. The van der Waals surface area contributed by atoms with Crippen molar-refractivity contribution in [3.63, 3.8) is 0 Å². The van der Waals surface area contributed by atoms with Crippen LogP contribution in [0.5, 0.6) is 11.5 Å². The van der Waals surface area contributed by atoms with Crippen LogP contribution in [-0.4, -0.2) is 10.8 Å². The summed E-state index contributed by atoms with van der Waals surface area (Å²) in [6.07, 6.45) is 0. The van der Waals surface area contributed by atoms with Gasteiger partial charge in [0.1, 0.15) is 11.5 Å². The lowest BCUT2D eigenvalue weighted by molar-refractivity contribution is 0.0730. The van der Waals surface area contributed by atoms with Crippen molar-refractivity contribution >= 4 is 33.4 Å². The zero-order valence-electron chi connectivity index (χ0n) is 17.2. The zero-order valence-corrected chi connectivity index (χ0v) is 19.6. The first-order chi connectivity index (χ1) is 15.6. The van der Waals surface area contributed by atoms with E-state index in [0.717, 1.165) is 15.6 Å². The van der Waals surface area contributed by atoms with Crippen LogP contribution < -0.4 is 4.74 Å². The summed E-state index contributed by atoms with van der Waals surface area (Å²) in [5.41, 5.74) is 2.70. The van der Waals surface area contributed by atoms with Crippen LogP contribution in [-0.2, 0) is 13.1 Å². The number of benzene rings is 4. The number of rotatable bonds is 7. The van der Waals surface area contributed by atoms with Gasteiger partial charge in [-0.1, -0.05) is 76.1 Å². The molecule has 0 unspecified atom stereocenters. The predicted octanol–water partition coefficient (Wildman–Crippen LogP) is 7.74. The van der Waals surface area contributed by atoms with Crippen LogP contribution in [0.3, 0.4) is 0 Å². The van der Waals surface area contributed by atoms with E-state index in [-0.39, 0.29) is 5.91 Å². The van der Waals surface area contributed by atoms with Gasteiger partial charge in [0.05, 0.1) is 0 Å². The SMILES string of the molecule is O=C(c1cccc(Br)c1)N(Cc1ccccc1)Cc1cccc(Oc2ccc(Cl)cc2)c1. The summed E-state index contributed by atoms with van der Waals surface area (Å²) in [7, 11) is 0. The van der Waals surface area contributed by atoms with E-state index in [9.17, 15) is 4.79 Å². The zero-order chi connectivity index (χ0) is 22.3. The highest BCUT2D eigenvalue weighted by molar-refractivity contribution is 9.10. The Labute approximate surface area is 201 Å². The Balaban J connectivity index is 1.57. The second-order valence-corrected chi connectivity index (χ2v) is 8.71. The number of carbonyl (C=O) groups excluding carboxylic acids is 1. The second-order valence-electron chi connectivity index (χ2n) is 7.36. The Morgan fingerprint density at radius 1 is 0.750 bits per heavy atom. The Bertz CT molecular complexity index is 1200. The van der Waals surface area contributed by atoms with Crippen molar-refractivity contribution in [1.29, 1.82) is 0 Å². The van der Waals surface area contributed by atoms with Gasteiger partial charge < -0.3 is 9.64 Å². The van der Waals surface area contributed by atoms with Gasteiger partial charge in [-0.05, 0) is 65.7 Å². The van der Waals surface area contributed by atoms with Gasteiger partial charge in [-0.15, -0.1) is 0 Å². The maximum atomic E-state index is 13.4. The van der Waals surface area contributed by atoms with E-state index in [4.69, 9.17) is 16.3 Å². The van der Waals surface area contributed by atoms with E-state index in [1.54, 1.807) is 12.1 Å². The third kappa shape index (κ3) is 6.00. The van der Waals surface area contributed by atoms with Gasteiger partial charge >= 0.3 is 0 Å². The van der Waals surface area contributed by atoms with Crippen molar-refractivity contribution in [2.45, 2.75) is 13.1 Å². The standard InChI is InChI=1S/C27H21BrClNO2/c28-23-10-5-9-22(17-23)27(31)30(18-20-6-2-1-3-7-20)19-21-8-4-11-26(16-21)32-25-14-12-24(29)13-15-25/h1-17H,18-19H2. The molecule has 4 aromatic rings. The number of hydrogen-bond acceptors (Lipinski definition) is 2. The van der Waals surface area contributed by atoms with Crippen molar-refractivity contribution in [3.8, 4) is 11.5 Å². The molecule has 0 aliphatic rings. The summed E-state index contributed by atoms with van der Waals surface area (Å²) in [4.78, 5) is 15.2. The van der Waals surface area contributed by atoms with Gasteiger partial charge in [-0.3, -0.25) is 4.79 Å². The highest BCUT2D eigenvalue weighted by Gasteiger charge is 2.17. The number of nitrogens with zero attached hydrogens (tertiary/aromatic N) is 1. The molecule has 4 rings (SSSR count). The lowest BCUT2D eigenvalue weighted by Crippen LogP contribution is -2.30. The number of hydrogen-bond donors (Lipinski definition) is 0. The van der Waals surface area contributed by atoms with Crippen LogP contribution in [0.4, 0.5) is 0 Å². The number of halogens is 2. The summed E-state index contributed by atoms with van der Waals surface area (Å²) < 4.78 is 6.84. The Hall–Kier alpha value is -3.08. The van der Waals surface area contributed by atoms with Crippen LogP contribution in [0.1, 0.15) is 21.5 Å². The minimum atomic E-state index is -0.0285. The van der Waals surface area contributed by atoms with Crippen LogP contribution in [0.2, 0.25) is 5.02 Å². The average Bonchev–Trinajstić information content (AvgIpc) is 2.81. The van der Waals surface area contributed by atoms with Gasteiger partial charge in [-0.25, -0.2) is 0 Å². The molecule has 0 spiro atoms. The second kappa shape index (κ2) is 10.5. The Kier molecular flexibility index (Phi) is 7.25. The molecule has 0 aliphatic heterocycles. The molecular formula is C27H21BrClNO2. The number of amides is 1. The highest BCUT2D eigenvalue weighted by atomic mass is 79.9. The molecule has 5 heteroatoms. The molecule has 4 aromatic carbocycles. The fourth-order valence-electron chi connectivity index (χ4n) is 3.37. The average molecular weight is 507 g/mol. The summed E-state index contributed by atoms with van der Waals surface area (Å²) in [5.74, 6) is 1.39. The molecule has 0 atom stereocenters. The molecule has 0 fully saturated rings. The number of ether oxygens (including phenoxy) is 1. The third-order valence-corrected chi connectivity index (χ3v) is 5.64. The quantitative estimate of drug-likeness (QED) is 0.256. The third-order valence-electron chi connectivity index (χ3n) is 4.90. The Morgan fingerprint density at radius 2 is 1.44 bits per heavy atom. The normalized spacial score (nSPS) is 10.6. The maximum Gasteiger partial charge on any atom is 0.254 e. The topological polar surface area (TPSA) is 29.5 Å². The summed E-state index contributed by atoms with van der Waals surface area (Å²) in [5, 5.41) is 0.661. The minimum Gasteiger partial charge on any atom is -0.457 e. The molecule has 160 valence electrons. The molecule has 0 heterocycles. The maximum absolute atomic E-state index is 13.4. The van der Waals surface area contributed by atoms with Crippen molar-refractivity contribution < 1.29 is 9.53 Å². The van der Waals surface area contributed by atoms with Crippen molar-refractivity contribution in [1.82, 2.24) is 4.90 Å². The molecule has 0 aliphatic carbocycles. The molecule has 32 heavy (non-hydrogen) atoms. The molecule has 0 saturated heterocycles. The van der Waals surface area contributed by atoms with E-state index in [1.165, 1.54) is 0 Å². The van der Waals surface area contributed by atoms with E-state index >= 15 is 0 Å². The monoisotopic (exact) mass is 505 g/mol. The van der Waals surface area contributed by atoms with E-state index in [0.29, 0.717) is 35.2 Å². The van der Waals surface area contributed by atoms with Crippen molar-refractivity contribution in [3.05, 3.63) is 129 Å². The first-order valence-electron chi connectivity index (χ1n) is 10.2. The molecule has 0 N–H and O–H groups in total. The number of carbonyl (C=O) groups is 1. The molecule has 0 bridgehead atoms. The van der Waals surface area contributed by atoms with Gasteiger partial charge in [0.15, 0.2) is 0 Å². The fourth-order valence-corrected chi connectivity index (χ4v) is 3.90. The first kappa shape index (κ1) is 22.1.